The molecule has 1 aliphatic rings. The van der Waals surface area contributed by atoms with Gasteiger partial charge in [0.15, 0.2) is 0 Å². The highest BCUT2D eigenvalue weighted by Crippen LogP contribution is 2.20. The minimum absolute atomic E-state index is 0.0939. The molecule has 1 atom stereocenters. The van der Waals surface area contributed by atoms with Crippen molar-refractivity contribution in [2.75, 3.05) is 25.0 Å². The Morgan fingerprint density at radius 2 is 1.72 bits per heavy atom. The first-order valence-corrected chi connectivity index (χ1v) is 14.7. The van der Waals surface area contributed by atoms with Crippen molar-refractivity contribution in [2.45, 2.75) is 94.4 Å². The Balaban J connectivity index is 0.000000453. The maximum Gasteiger partial charge on any atom is 0.258 e. The fraction of sp³-hybridized carbons (Fsp3) is 0.559. The summed E-state index contributed by atoms with van der Waals surface area (Å²) >= 11 is 0. The Bertz CT molecular complexity index is 1190. The first-order valence-electron chi connectivity index (χ1n) is 14.7. The molecule has 0 bridgehead atoms. The molecule has 3 rings (SSSR count). The predicted molar refractivity (Wildman–Crippen MR) is 173 cm³/mol. The molecule has 5 nitrogen and oxygen atoms in total. The van der Waals surface area contributed by atoms with E-state index in [2.05, 4.69) is 76.0 Å². The van der Waals surface area contributed by atoms with Crippen LogP contribution < -0.4 is 10.5 Å². The zero-order valence-electron chi connectivity index (χ0n) is 26.5. The van der Waals surface area contributed by atoms with Gasteiger partial charge in [-0.25, -0.2) is 4.98 Å². The number of aliphatic imine (C=N–C) groups is 1. The molecule has 0 amide bonds. The normalized spacial score (nSPS) is 15.1. The Kier molecular flexibility index (Phi) is 15.4. The molecule has 1 aliphatic heterocycles. The average Bonchev–Trinajstić information content (AvgIpc) is 3.44. The maximum absolute atomic E-state index is 12.6. The predicted octanol–water partition coefficient (Wildman–Crippen LogP) is 8.68. The van der Waals surface area contributed by atoms with E-state index in [1.54, 1.807) is 23.1 Å². The van der Waals surface area contributed by atoms with Crippen LogP contribution in [-0.2, 0) is 0 Å². The molecule has 1 unspecified atom stereocenters. The molecule has 3 heterocycles. The highest BCUT2D eigenvalue weighted by Gasteiger charge is 2.14. The van der Waals surface area contributed by atoms with Crippen LogP contribution in [0.3, 0.4) is 0 Å². The number of aromatic nitrogens is 2. The lowest BCUT2D eigenvalue weighted by molar-refractivity contribution is 0.650. The van der Waals surface area contributed by atoms with Crippen LogP contribution in [0.4, 0.5) is 5.69 Å². The zero-order valence-corrected chi connectivity index (χ0v) is 26.5. The first kappa shape index (κ1) is 34.1. The van der Waals surface area contributed by atoms with E-state index in [1.807, 2.05) is 38.3 Å². The monoisotopic (exact) mass is 534 g/mol. The van der Waals surface area contributed by atoms with Gasteiger partial charge in [0, 0.05) is 32.4 Å². The number of rotatable bonds is 8. The highest BCUT2D eigenvalue weighted by atomic mass is 16.1. The van der Waals surface area contributed by atoms with E-state index in [0.717, 1.165) is 41.8 Å². The van der Waals surface area contributed by atoms with Gasteiger partial charge >= 0.3 is 0 Å². The highest BCUT2D eigenvalue weighted by molar-refractivity contribution is 6.08. The number of nitrogens with zero attached hydrogens (tertiary/aromatic N) is 4. The summed E-state index contributed by atoms with van der Waals surface area (Å²) in [5, 5.41) is 0. The second-order valence-electron chi connectivity index (χ2n) is 11.3. The summed E-state index contributed by atoms with van der Waals surface area (Å²) < 4.78 is 1.61. The van der Waals surface area contributed by atoms with Crippen LogP contribution in [0.2, 0.25) is 0 Å². The molecule has 0 aromatic carbocycles. The van der Waals surface area contributed by atoms with E-state index >= 15 is 0 Å². The van der Waals surface area contributed by atoms with E-state index in [4.69, 9.17) is 0 Å². The van der Waals surface area contributed by atoms with E-state index in [0.29, 0.717) is 17.1 Å². The molecule has 0 radical (unpaired) electrons. The van der Waals surface area contributed by atoms with Gasteiger partial charge in [-0.05, 0) is 82.1 Å². The van der Waals surface area contributed by atoms with Crippen molar-refractivity contribution in [1.82, 2.24) is 9.38 Å². The van der Waals surface area contributed by atoms with Crippen molar-refractivity contribution >= 4 is 17.0 Å². The van der Waals surface area contributed by atoms with Gasteiger partial charge in [-0.1, -0.05) is 71.8 Å². The number of hydrogen-bond donors (Lipinski definition) is 0. The SMILES string of the molecule is C=C(C)/C(C)=C/C(=NC)c1cc(=O)n2cc(N3CCCC3)ccc2n1.CC(C)C.CCC/C=C(/C)C(C)CC. The quantitative estimate of drug-likeness (QED) is 0.193. The van der Waals surface area contributed by atoms with Crippen molar-refractivity contribution in [3.63, 3.8) is 0 Å². The number of fused-ring (bicyclic) bond motifs is 1. The Morgan fingerprint density at radius 1 is 1.10 bits per heavy atom. The number of allylic oxidation sites excluding steroid dienone is 5. The minimum Gasteiger partial charge on any atom is -0.370 e. The van der Waals surface area contributed by atoms with Gasteiger partial charge in [-0.2, -0.15) is 0 Å². The van der Waals surface area contributed by atoms with E-state index in [1.165, 1.54) is 32.1 Å². The van der Waals surface area contributed by atoms with Crippen LogP contribution in [0.15, 0.2) is 69.6 Å². The standard InChI is InChI=1S/C20H24N4O.C10H20.C4H10/c1-14(2)15(3)11-17(21-4)18-12-20(25)24-13-16(7-8-19(24)22-18)23-9-5-6-10-23;1-5-7-8-10(4)9(3)6-2;1-4(2)3/h7-8,11-13H,1,5-6,9-10H2,2-4H3;8-9H,5-7H2,1-4H3;4H,1-3H3/b15-11+,21-17?;10-8-;. The maximum atomic E-state index is 12.6. The molecule has 0 N–H and O–H groups in total. The van der Waals surface area contributed by atoms with Gasteiger partial charge in [-0.15, -0.1) is 0 Å². The summed E-state index contributed by atoms with van der Waals surface area (Å²) in [5.41, 5.74) is 6.43. The van der Waals surface area contributed by atoms with Gasteiger partial charge in [0.05, 0.1) is 17.1 Å². The van der Waals surface area contributed by atoms with Crippen LogP contribution in [0, 0.1) is 11.8 Å². The van der Waals surface area contributed by atoms with Crippen molar-refractivity contribution in [1.29, 1.82) is 0 Å². The van der Waals surface area contributed by atoms with Crippen molar-refractivity contribution in [2.24, 2.45) is 16.8 Å². The molecule has 0 aliphatic carbocycles. The number of unbranched alkanes of at least 4 members (excludes halogenated alkanes) is 1. The van der Waals surface area contributed by atoms with E-state index < -0.39 is 0 Å². The zero-order chi connectivity index (χ0) is 29.5. The fourth-order valence-corrected chi connectivity index (χ4v) is 3.86. The van der Waals surface area contributed by atoms with Crippen LogP contribution in [-0.4, -0.2) is 35.2 Å². The smallest absolute Gasteiger partial charge is 0.258 e. The molecular formula is C34H54N4O. The topological polar surface area (TPSA) is 50.0 Å². The fourth-order valence-electron chi connectivity index (χ4n) is 3.86. The van der Waals surface area contributed by atoms with Crippen molar-refractivity contribution in [3.8, 4) is 0 Å². The van der Waals surface area contributed by atoms with Crippen LogP contribution >= 0.6 is 0 Å². The summed E-state index contributed by atoms with van der Waals surface area (Å²) in [6.45, 7) is 25.4. The summed E-state index contributed by atoms with van der Waals surface area (Å²) in [4.78, 5) is 23.8. The molecule has 0 spiro atoms. The van der Waals surface area contributed by atoms with Crippen LogP contribution in [0.25, 0.3) is 5.65 Å². The van der Waals surface area contributed by atoms with Gasteiger partial charge in [0.1, 0.15) is 5.65 Å². The van der Waals surface area contributed by atoms with Crippen molar-refractivity contribution in [3.05, 3.63) is 75.9 Å². The van der Waals surface area contributed by atoms with Crippen molar-refractivity contribution < 1.29 is 0 Å². The first-order chi connectivity index (χ1) is 18.4. The van der Waals surface area contributed by atoms with Crippen LogP contribution in [0.1, 0.15) is 100 Å². The van der Waals surface area contributed by atoms with Gasteiger partial charge < -0.3 is 4.90 Å². The molecule has 2 aromatic heterocycles. The summed E-state index contributed by atoms with van der Waals surface area (Å²) in [6, 6.07) is 5.49. The second-order valence-corrected chi connectivity index (χ2v) is 11.3. The molecule has 39 heavy (non-hydrogen) atoms. The van der Waals surface area contributed by atoms with Gasteiger partial charge in [0.25, 0.3) is 5.56 Å². The van der Waals surface area contributed by atoms with Crippen LogP contribution in [0.5, 0.6) is 0 Å². The lowest BCUT2D eigenvalue weighted by Gasteiger charge is -2.18. The molecular weight excluding hydrogens is 480 g/mol. The van der Waals surface area contributed by atoms with Gasteiger partial charge in [0.2, 0.25) is 0 Å². The number of anilines is 1. The molecule has 216 valence electrons. The summed E-state index contributed by atoms with van der Waals surface area (Å²) in [7, 11) is 1.71. The van der Waals surface area contributed by atoms with E-state index in [-0.39, 0.29) is 5.56 Å². The third-order valence-corrected chi connectivity index (χ3v) is 6.79. The lowest BCUT2D eigenvalue weighted by atomic mass is 9.99. The lowest BCUT2D eigenvalue weighted by Crippen LogP contribution is -2.21. The molecule has 2 aromatic rings. The summed E-state index contributed by atoms with van der Waals surface area (Å²) in [6.07, 6.45) is 12.4. The Hall–Kier alpha value is -2.95. The largest absolute Gasteiger partial charge is 0.370 e. The minimum atomic E-state index is -0.0939. The molecule has 1 fully saturated rings. The Morgan fingerprint density at radius 3 is 2.23 bits per heavy atom. The molecule has 0 saturated carbocycles. The number of hydrogen-bond acceptors (Lipinski definition) is 4. The Labute approximate surface area is 238 Å². The molecule has 5 heteroatoms. The number of pyridine rings is 1. The van der Waals surface area contributed by atoms with Gasteiger partial charge in [-0.3, -0.25) is 14.2 Å². The van der Waals surface area contributed by atoms with E-state index in [9.17, 15) is 4.79 Å². The molecule has 1 saturated heterocycles. The second kappa shape index (κ2) is 17.6. The summed E-state index contributed by atoms with van der Waals surface area (Å²) in [5.74, 6) is 1.62. The third-order valence-electron chi connectivity index (χ3n) is 6.79. The average molecular weight is 535 g/mol. The third kappa shape index (κ3) is 11.8.